The van der Waals surface area contributed by atoms with Crippen molar-refractivity contribution in [3.05, 3.63) is 87.6 Å². The van der Waals surface area contributed by atoms with Crippen molar-refractivity contribution in [1.82, 2.24) is 0 Å². The summed E-state index contributed by atoms with van der Waals surface area (Å²) >= 11 is 11.6. The summed E-state index contributed by atoms with van der Waals surface area (Å²) in [6, 6.07) is 13.3. The molecule has 3 nitrogen and oxygen atoms in total. The Labute approximate surface area is 142 Å². The van der Waals surface area contributed by atoms with Gasteiger partial charge in [0, 0.05) is 33.3 Å². The van der Waals surface area contributed by atoms with E-state index in [0.29, 0.717) is 26.9 Å². The lowest BCUT2D eigenvalue weighted by atomic mass is 10.1. The molecule has 3 rings (SSSR count). The summed E-state index contributed by atoms with van der Waals surface area (Å²) in [5.74, 6) is -0.287. The third-order valence-electron chi connectivity index (χ3n) is 3.24. The van der Waals surface area contributed by atoms with Crippen molar-refractivity contribution >= 4 is 40.5 Å². The molecule has 1 heterocycles. The van der Waals surface area contributed by atoms with E-state index in [1.165, 1.54) is 12.2 Å². The predicted octanol–water partition coefficient (Wildman–Crippen LogP) is 4.70. The summed E-state index contributed by atoms with van der Waals surface area (Å²) < 4.78 is 5.50. The Balaban J connectivity index is 1.80. The number of ether oxygens (including phenoxy) is 1. The minimum atomic E-state index is -0.350. The Morgan fingerprint density at radius 2 is 1.48 bits per heavy atom. The number of carbonyl (C=O) groups is 2. The largest absolute Gasteiger partial charge is 0.452 e. The highest BCUT2D eigenvalue weighted by atomic mass is 35.5. The molecule has 0 saturated heterocycles. The summed E-state index contributed by atoms with van der Waals surface area (Å²) in [5.41, 5.74) is 1.14. The molecule has 23 heavy (non-hydrogen) atoms. The fraction of sp³-hybridized carbons (Fsp3) is 0. The second-order valence-electron chi connectivity index (χ2n) is 4.86. The van der Waals surface area contributed by atoms with Crippen molar-refractivity contribution < 1.29 is 14.3 Å². The maximum Gasteiger partial charge on any atom is 0.224 e. The summed E-state index contributed by atoms with van der Waals surface area (Å²) in [6.07, 6.45) is 2.54. The van der Waals surface area contributed by atoms with Gasteiger partial charge in [-0.15, -0.1) is 0 Å². The number of hydrogen-bond acceptors (Lipinski definition) is 3. The fourth-order valence-corrected chi connectivity index (χ4v) is 2.31. The Bertz CT molecular complexity index is 832. The topological polar surface area (TPSA) is 43.4 Å². The quantitative estimate of drug-likeness (QED) is 0.598. The third kappa shape index (κ3) is 3.52. The van der Waals surface area contributed by atoms with Gasteiger partial charge in [0.1, 0.15) is 5.76 Å². The van der Waals surface area contributed by atoms with Gasteiger partial charge in [-0.1, -0.05) is 23.2 Å². The lowest BCUT2D eigenvalue weighted by Crippen LogP contribution is -2.01. The zero-order chi connectivity index (χ0) is 16.4. The van der Waals surface area contributed by atoms with E-state index in [1.807, 2.05) is 0 Å². The average molecular weight is 345 g/mol. The molecule has 0 radical (unpaired) electrons. The van der Waals surface area contributed by atoms with E-state index in [-0.39, 0.29) is 17.3 Å². The van der Waals surface area contributed by atoms with Crippen LogP contribution in [0.3, 0.4) is 0 Å². The van der Waals surface area contributed by atoms with Gasteiger partial charge in [0.15, 0.2) is 11.5 Å². The maximum atomic E-state index is 12.2. The van der Waals surface area contributed by atoms with Crippen molar-refractivity contribution in [2.24, 2.45) is 0 Å². The molecular weight excluding hydrogens is 335 g/mol. The van der Waals surface area contributed by atoms with Crippen LogP contribution in [0, 0.1) is 0 Å². The molecule has 0 bridgehead atoms. The molecule has 5 heteroatoms. The number of ketones is 2. The zero-order valence-corrected chi connectivity index (χ0v) is 13.3. The van der Waals surface area contributed by atoms with E-state index in [1.54, 1.807) is 48.5 Å². The third-order valence-corrected chi connectivity index (χ3v) is 3.75. The smallest absolute Gasteiger partial charge is 0.224 e. The van der Waals surface area contributed by atoms with Gasteiger partial charge >= 0.3 is 0 Å². The van der Waals surface area contributed by atoms with Crippen molar-refractivity contribution in [3.63, 3.8) is 0 Å². The Morgan fingerprint density at radius 3 is 2.09 bits per heavy atom. The van der Waals surface area contributed by atoms with E-state index < -0.39 is 0 Å². The van der Waals surface area contributed by atoms with Crippen LogP contribution < -0.4 is 0 Å². The van der Waals surface area contributed by atoms with Gasteiger partial charge in [0.25, 0.3) is 0 Å². The highest BCUT2D eigenvalue weighted by Crippen LogP contribution is 2.27. The monoisotopic (exact) mass is 344 g/mol. The second-order valence-corrected chi connectivity index (χ2v) is 5.73. The Hall–Kier alpha value is -2.36. The van der Waals surface area contributed by atoms with Crippen LogP contribution in [0.1, 0.15) is 15.9 Å². The van der Waals surface area contributed by atoms with Crippen LogP contribution in [0.15, 0.2) is 66.4 Å². The number of rotatable bonds is 3. The van der Waals surface area contributed by atoms with Crippen LogP contribution in [0.5, 0.6) is 0 Å². The average Bonchev–Trinajstić information content (AvgIpc) is 2.89. The van der Waals surface area contributed by atoms with E-state index in [2.05, 4.69) is 0 Å². The van der Waals surface area contributed by atoms with Gasteiger partial charge in [0.2, 0.25) is 5.78 Å². The molecule has 0 spiro atoms. The summed E-state index contributed by atoms with van der Waals surface area (Å²) in [4.78, 5) is 24.1. The van der Waals surface area contributed by atoms with Crippen LogP contribution >= 0.6 is 23.2 Å². The molecule has 0 aliphatic carbocycles. The fourth-order valence-electron chi connectivity index (χ4n) is 2.06. The summed E-state index contributed by atoms with van der Waals surface area (Å²) in [7, 11) is 0. The molecule has 0 saturated carbocycles. The Morgan fingerprint density at radius 1 is 0.913 bits per heavy atom. The molecule has 114 valence electrons. The molecule has 1 aliphatic heterocycles. The van der Waals surface area contributed by atoms with Crippen LogP contribution in [-0.4, -0.2) is 11.6 Å². The highest BCUT2D eigenvalue weighted by Gasteiger charge is 2.23. The van der Waals surface area contributed by atoms with Gasteiger partial charge in [-0.3, -0.25) is 9.59 Å². The van der Waals surface area contributed by atoms with Gasteiger partial charge in [0.05, 0.1) is 0 Å². The minimum absolute atomic E-state index is 0.00472. The number of carbonyl (C=O) groups excluding carboxylic acids is 2. The number of allylic oxidation sites excluding steroid dienone is 2. The first kappa shape index (κ1) is 15.5. The second kappa shape index (κ2) is 6.41. The SMILES string of the molecule is O=C1C=C(c2ccc(Cl)cc2)O/C1=C\C(=O)c1ccc(Cl)cc1. The van der Waals surface area contributed by atoms with E-state index >= 15 is 0 Å². The first-order valence-corrected chi connectivity index (χ1v) is 7.50. The molecule has 0 unspecified atom stereocenters. The molecule has 0 amide bonds. The molecule has 1 aliphatic rings. The lowest BCUT2D eigenvalue weighted by Gasteiger charge is -2.04. The summed E-state index contributed by atoms with van der Waals surface area (Å²) in [6.45, 7) is 0. The van der Waals surface area contributed by atoms with E-state index in [9.17, 15) is 9.59 Å². The molecule has 0 atom stereocenters. The minimum Gasteiger partial charge on any atom is -0.452 e. The molecule has 2 aromatic rings. The number of halogens is 2. The molecule has 0 aromatic heterocycles. The zero-order valence-electron chi connectivity index (χ0n) is 11.8. The van der Waals surface area contributed by atoms with Crippen molar-refractivity contribution in [1.29, 1.82) is 0 Å². The molecular formula is C18H10Cl2O3. The van der Waals surface area contributed by atoms with Crippen LogP contribution in [-0.2, 0) is 9.53 Å². The standard InChI is InChI=1S/C18H10Cl2O3/c19-13-5-1-11(2-6-13)15(21)9-18-16(22)10-17(23-18)12-3-7-14(20)8-4-12/h1-10H/b18-9-. The predicted molar refractivity (Wildman–Crippen MR) is 89.4 cm³/mol. The van der Waals surface area contributed by atoms with Gasteiger partial charge in [-0.2, -0.15) is 0 Å². The Kier molecular flexibility index (Phi) is 4.33. The first-order chi connectivity index (χ1) is 11.0. The van der Waals surface area contributed by atoms with Gasteiger partial charge in [-0.25, -0.2) is 0 Å². The van der Waals surface area contributed by atoms with Gasteiger partial charge in [-0.05, 0) is 48.5 Å². The maximum absolute atomic E-state index is 12.2. The van der Waals surface area contributed by atoms with E-state index in [4.69, 9.17) is 27.9 Å². The number of hydrogen-bond donors (Lipinski definition) is 0. The van der Waals surface area contributed by atoms with Crippen LogP contribution in [0.2, 0.25) is 10.0 Å². The molecule has 0 N–H and O–H groups in total. The van der Waals surface area contributed by atoms with E-state index in [0.717, 1.165) is 0 Å². The van der Waals surface area contributed by atoms with Crippen molar-refractivity contribution in [2.45, 2.75) is 0 Å². The molecule has 0 fully saturated rings. The normalized spacial score (nSPS) is 15.5. The van der Waals surface area contributed by atoms with Gasteiger partial charge < -0.3 is 4.74 Å². The van der Waals surface area contributed by atoms with Crippen LogP contribution in [0.4, 0.5) is 0 Å². The molecule has 2 aromatic carbocycles. The first-order valence-electron chi connectivity index (χ1n) is 6.74. The summed E-state index contributed by atoms with van der Waals surface area (Å²) in [5, 5.41) is 1.13. The highest BCUT2D eigenvalue weighted by molar-refractivity contribution is 6.31. The van der Waals surface area contributed by atoms with Crippen molar-refractivity contribution in [3.8, 4) is 0 Å². The van der Waals surface area contributed by atoms with Crippen LogP contribution in [0.25, 0.3) is 5.76 Å². The number of benzene rings is 2. The lowest BCUT2D eigenvalue weighted by molar-refractivity contribution is -0.112. The van der Waals surface area contributed by atoms with Crippen molar-refractivity contribution in [2.75, 3.05) is 0 Å².